The average molecular weight is 665 g/mol. The van der Waals surface area contributed by atoms with E-state index in [1.807, 2.05) is 91.0 Å². The van der Waals surface area contributed by atoms with Gasteiger partial charge in [0.2, 0.25) is 0 Å². The van der Waals surface area contributed by atoms with Crippen LogP contribution >= 0.6 is 11.3 Å². The van der Waals surface area contributed by atoms with E-state index >= 15 is 0 Å². The molecule has 0 saturated carbocycles. The van der Waals surface area contributed by atoms with Crippen LogP contribution in [0.5, 0.6) is 5.75 Å². The number of ether oxygens (including phenoxy) is 2. The molecule has 0 aliphatic carbocycles. The van der Waals surface area contributed by atoms with Crippen molar-refractivity contribution >= 4 is 39.9 Å². The van der Waals surface area contributed by atoms with Crippen molar-refractivity contribution in [2.24, 2.45) is 4.99 Å². The number of thiazole rings is 1. The normalized spacial score (nSPS) is 14.5. The quantitative estimate of drug-likeness (QED) is 0.148. The van der Waals surface area contributed by atoms with E-state index in [1.165, 1.54) is 22.3 Å². The maximum absolute atomic E-state index is 14.3. The summed E-state index contributed by atoms with van der Waals surface area (Å²) in [6.45, 7) is 6.68. The van der Waals surface area contributed by atoms with E-state index in [0.29, 0.717) is 38.9 Å². The highest BCUT2D eigenvalue weighted by Crippen LogP contribution is 2.35. The van der Waals surface area contributed by atoms with Gasteiger partial charge in [-0.2, -0.15) is 0 Å². The van der Waals surface area contributed by atoms with Gasteiger partial charge in [-0.1, -0.05) is 134 Å². The molecule has 1 aliphatic rings. The first-order valence-corrected chi connectivity index (χ1v) is 17.3. The average Bonchev–Trinajstić information content (AvgIpc) is 3.44. The fourth-order valence-electron chi connectivity index (χ4n) is 6.24. The molecule has 7 heteroatoms. The van der Waals surface area contributed by atoms with E-state index < -0.39 is 12.0 Å². The molecule has 2 heterocycles. The van der Waals surface area contributed by atoms with Crippen molar-refractivity contribution in [3.8, 4) is 5.75 Å². The van der Waals surface area contributed by atoms with E-state index in [9.17, 15) is 9.59 Å². The van der Waals surface area contributed by atoms with Gasteiger partial charge in [0.15, 0.2) is 4.80 Å². The van der Waals surface area contributed by atoms with Gasteiger partial charge in [0.1, 0.15) is 12.4 Å². The van der Waals surface area contributed by atoms with Crippen molar-refractivity contribution in [1.29, 1.82) is 0 Å². The number of carbonyl (C=O) groups excluding carboxylic acids is 1. The van der Waals surface area contributed by atoms with E-state index in [1.54, 1.807) is 11.5 Å². The Labute approximate surface area is 288 Å². The molecular weight excluding hydrogens is 629 g/mol. The summed E-state index contributed by atoms with van der Waals surface area (Å²) in [4.78, 5) is 33.6. The maximum atomic E-state index is 14.3. The van der Waals surface area contributed by atoms with E-state index in [2.05, 4.69) is 50.2 Å². The number of benzene rings is 5. The molecule has 0 N–H and O–H groups in total. The van der Waals surface area contributed by atoms with Gasteiger partial charge in [0, 0.05) is 5.56 Å². The Bertz CT molecular complexity index is 2370. The minimum Gasteiger partial charge on any atom is -0.489 e. The maximum Gasteiger partial charge on any atom is 0.338 e. The monoisotopic (exact) mass is 664 g/mol. The van der Waals surface area contributed by atoms with Crippen molar-refractivity contribution in [2.45, 2.75) is 39.3 Å². The predicted molar refractivity (Wildman–Crippen MR) is 196 cm³/mol. The van der Waals surface area contributed by atoms with Crippen LogP contribution in [0.25, 0.3) is 22.5 Å². The molecule has 49 heavy (non-hydrogen) atoms. The molecule has 0 saturated heterocycles. The van der Waals surface area contributed by atoms with Gasteiger partial charge < -0.3 is 9.47 Å². The molecule has 244 valence electrons. The van der Waals surface area contributed by atoms with Crippen molar-refractivity contribution in [3.05, 3.63) is 174 Å². The summed E-state index contributed by atoms with van der Waals surface area (Å²) in [5.41, 5.74) is 5.31. The summed E-state index contributed by atoms with van der Waals surface area (Å²) in [7, 11) is 0. The number of fused-ring (bicyclic) bond motifs is 2. The molecule has 6 aromatic rings. The van der Waals surface area contributed by atoms with Crippen molar-refractivity contribution < 1.29 is 14.3 Å². The smallest absolute Gasteiger partial charge is 0.338 e. The SMILES string of the molecule is CCOC(=O)C1=C(c2ccccc2)N=c2s/c(=C\c3cccc(OCc4cccc5ccccc45)c3)c(=O)n2[C@@H]1c1ccc(C(C)C)cc1. The molecule has 1 atom stereocenters. The minimum absolute atomic E-state index is 0.201. The second kappa shape index (κ2) is 13.9. The van der Waals surface area contributed by atoms with Crippen molar-refractivity contribution in [3.63, 3.8) is 0 Å². The third-order valence-corrected chi connectivity index (χ3v) is 9.71. The number of aromatic nitrogens is 1. The van der Waals surface area contributed by atoms with E-state index in [0.717, 1.165) is 27.6 Å². The van der Waals surface area contributed by atoms with Crippen LogP contribution in [0, 0.1) is 0 Å². The van der Waals surface area contributed by atoms with Crippen molar-refractivity contribution in [2.75, 3.05) is 6.61 Å². The topological polar surface area (TPSA) is 69.9 Å². The summed E-state index contributed by atoms with van der Waals surface area (Å²) in [5, 5.41) is 2.33. The van der Waals surface area contributed by atoms with Gasteiger partial charge in [0.25, 0.3) is 5.56 Å². The van der Waals surface area contributed by atoms with Gasteiger partial charge >= 0.3 is 5.97 Å². The van der Waals surface area contributed by atoms with Crippen LogP contribution in [0.2, 0.25) is 0 Å². The van der Waals surface area contributed by atoms with E-state index in [4.69, 9.17) is 14.5 Å². The second-order valence-electron chi connectivity index (χ2n) is 12.3. The highest BCUT2D eigenvalue weighted by atomic mass is 32.1. The van der Waals surface area contributed by atoms with Gasteiger partial charge in [-0.05, 0) is 64.1 Å². The fourth-order valence-corrected chi connectivity index (χ4v) is 7.24. The van der Waals surface area contributed by atoms with Gasteiger partial charge in [0.05, 0.1) is 28.5 Å². The molecule has 0 spiro atoms. The lowest BCUT2D eigenvalue weighted by Crippen LogP contribution is -2.40. The van der Waals surface area contributed by atoms with Crippen LogP contribution in [0.4, 0.5) is 0 Å². The van der Waals surface area contributed by atoms with Crippen LogP contribution in [-0.4, -0.2) is 17.1 Å². The lowest BCUT2D eigenvalue weighted by Gasteiger charge is -2.26. The molecule has 6 nitrogen and oxygen atoms in total. The van der Waals surface area contributed by atoms with Gasteiger partial charge in [-0.25, -0.2) is 9.79 Å². The highest BCUT2D eigenvalue weighted by Gasteiger charge is 2.35. The van der Waals surface area contributed by atoms with Crippen LogP contribution in [0.1, 0.15) is 60.5 Å². The van der Waals surface area contributed by atoms with Crippen LogP contribution in [0.3, 0.4) is 0 Å². The predicted octanol–water partition coefficient (Wildman–Crippen LogP) is 7.79. The van der Waals surface area contributed by atoms with E-state index in [-0.39, 0.29) is 12.2 Å². The summed E-state index contributed by atoms with van der Waals surface area (Å²) in [5.74, 6) is 0.546. The summed E-state index contributed by atoms with van der Waals surface area (Å²) in [6.07, 6.45) is 1.86. The molecule has 7 rings (SSSR count). The summed E-state index contributed by atoms with van der Waals surface area (Å²) >= 11 is 1.31. The van der Waals surface area contributed by atoms with Crippen LogP contribution in [0.15, 0.2) is 137 Å². The number of hydrogen-bond donors (Lipinski definition) is 0. The summed E-state index contributed by atoms with van der Waals surface area (Å²) < 4.78 is 14.0. The van der Waals surface area contributed by atoms with Gasteiger partial charge in [-0.15, -0.1) is 0 Å². The third kappa shape index (κ3) is 6.50. The fraction of sp³-hybridized carbons (Fsp3) is 0.167. The largest absolute Gasteiger partial charge is 0.489 e. The molecule has 1 aliphatic heterocycles. The molecule has 0 radical (unpaired) electrons. The molecule has 0 unspecified atom stereocenters. The standard InChI is InChI=1S/C42H36N2O4S/c1-4-47-41(46)37-38(31-14-6-5-7-15-31)43-42-44(39(37)32-22-20-29(21-23-32)27(2)3)40(45)36(49-42)25-28-12-10-18-34(24-28)48-26-33-17-11-16-30-13-8-9-19-35(30)33/h5-25,27,39H,4,26H2,1-3H3/b36-25-/t39-/m1/s1. The van der Waals surface area contributed by atoms with Crippen molar-refractivity contribution in [1.82, 2.24) is 4.57 Å². The molecule has 0 fully saturated rings. The number of rotatable bonds is 9. The third-order valence-electron chi connectivity index (χ3n) is 8.72. The Morgan fingerprint density at radius 2 is 1.63 bits per heavy atom. The first-order valence-electron chi connectivity index (χ1n) is 16.5. The highest BCUT2D eigenvalue weighted by molar-refractivity contribution is 7.07. The number of carbonyl (C=O) groups is 1. The molecule has 1 aromatic heterocycles. The summed E-state index contributed by atoms with van der Waals surface area (Å²) in [6, 6.07) is 39.2. The molecule has 0 bridgehead atoms. The van der Waals surface area contributed by atoms with Crippen LogP contribution in [-0.2, 0) is 16.1 Å². The zero-order valence-corrected chi connectivity index (χ0v) is 28.4. The zero-order chi connectivity index (χ0) is 33.9. The zero-order valence-electron chi connectivity index (χ0n) is 27.6. The molecule has 0 amide bonds. The Kier molecular flexibility index (Phi) is 9.09. The first-order chi connectivity index (χ1) is 23.9. The van der Waals surface area contributed by atoms with Gasteiger partial charge in [-0.3, -0.25) is 9.36 Å². The van der Waals surface area contributed by atoms with Crippen LogP contribution < -0.4 is 19.6 Å². The number of esters is 1. The Balaban J connectivity index is 1.32. The Morgan fingerprint density at radius 3 is 2.41 bits per heavy atom. The lowest BCUT2D eigenvalue weighted by molar-refractivity contribution is -0.138. The first kappa shape index (κ1) is 32.0. The second-order valence-corrected chi connectivity index (χ2v) is 13.3. The molecule has 5 aromatic carbocycles. The lowest BCUT2D eigenvalue weighted by atomic mass is 9.91. The number of nitrogens with zero attached hydrogens (tertiary/aromatic N) is 2. The Hall–Kier alpha value is -5.53. The Morgan fingerprint density at radius 1 is 0.898 bits per heavy atom. The number of hydrogen-bond acceptors (Lipinski definition) is 6. The minimum atomic E-state index is -0.718. The molecular formula is C42H36N2O4S.